The van der Waals surface area contributed by atoms with Crippen LogP contribution in [0.4, 0.5) is 0 Å². The van der Waals surface area contributed by atoms with Crippen molar-refractivity contribution in [1.82, 2.24) is 9.88 Å². The van der Waals surface area contributed by atoms with Gasteiger partial charge in [0, 0.05) is 18.2 Å². The fourth-order valence-corrected chi connectivity index (χ4v) is 3.50. The molecule has 1 aromatic heterocycles. The monoisotopic (exact) mass is 310 g/mol. The van der Waals surface area contributed by atoms with Crippen LogP contribution in [0.15, 0.2) is 47.3 Å². The molecule has 1 fully saturated rings. The highest BCUT2D eigenvalue weighted by molar-refractivity contribution is 5.60. The molecule has 1 heterocycles. The van der Waals surface area contributed by atoms with E-state index in [4.69, 9.17) is 0 Å². The number of nitrogens with one attached hydrogen (secondary N) is 1. The Bertz CT molecular complexity index is 685. The van der Waals surface area contributed by atoms with Crippen molar-refractivity contribution in [2.45, 2.75) is 51.6 Å². The molecule has 23 heavy (non-hydrogen) atoms. The van der Waals surface area contributed by atoms with Gasteiger partial charge in [0.2, 0.25) is 0 Å². The van der Waals surface area contributed by atoms with Crippen molar-refractivity contribution in [3.8, 4) is 11.3 Å². The highest BCUT2D eigenvalue weighted by atomic mass is 16.1. The van der Waals surface area contributed by atoms with Crippen LogP contribution < -0.4 is 10.9 Å². The zero-order valence-electron chi connectivity index (χ0n) is 13.9. The number of nitrogens with zero attached hydrogens (tertiary/aromatic N) is 1. The van der Waals surface area contributed by atoms with Crippen LogP contribution in [0.25, 0.3) is 11.3 Å². The third kappa shape index (κ3) is 3.56. The Hall–Kier alpha value is -1.87. The second-order valence-corrected chi connectivity index (χ2v) is 6.40. The molecule has 1 aromatic carbocycles. The summed E-state index contributed by atoms with van der Waals surface area (Å²) in [5.74, 6) is 0. The smallest absolute Gasteiger partial charge is 0.255 e. The molecule has 0 aliphatic heterocycles. The molecule has 0 atom stereocenters. The van der Waals surface area contributed by atoms with E-state index in [0.29, 0.717) is 12.6 Å². The molecule has 3 nitrogen and oxygen atoms in total. The van der Waals surface area contributed by atoms with Gasteiger partial charge in [0.05, 0.1) is 5.69 Å². The Morgan fingerprint density at radius 3 is 2.52 bits per heavy atom. The Kier molecular flexibility index (Phi) is 5.29. The van der Waals surface area contributed by atoms with Gasteiger partial charge in [-0.2, -0.15) is 0 Å². The summed E-state index contributed by atoms with van der Waals surface area (Å²) in [6.07, 6.45) is 5.77. The van der Waals surface area contributed by atoms with E-state index < -0.39 is 0 Å². The van der Waals surface area contributed by atoms with E-state index >= 15 is 0 Å². The molecule has 1 N–H and O–H groups in total. The molecule has 0 saturated heterocycles. The molecular formula is C20H26N2O. The highest BCUT2D eigenvalue weighted by Crippen LogP contribution is 2.32. The minimum Gasteiger partial charge on any atom is -0.312 e. The minimum atomic E-state index is 0.182. The molecule has 0 amide bonds. The second kappa shape index (κ2) is 7.60. The average molecular weight is 310 g/mol. The third-order valence-corrected chi connectivity index (χ3v) is 4.70. The molecule has 1 aliphatic carbocycles. The van der Waals surface area contributed by atoms with Crippen LogP contribution in [0.5, 0.6) is 0 Å². The van der Waals surface area contributed by atoms with Gasteiger partial charge in [-0.05, 0) is 37.4 Å². The molecule has 0 unspecified atom stereocenters. The Balaban J connectivity index is 2.02. The lowest BCUT2D eigenvalue weighted by Crippen LogP contribution is -2.30. The lowest BCUT2D eigenvalue weighted by Gasteiger charge is -2.20. The Labute approximate surface area is 138 Å². The molecule has 1 saturated carbocycles. The van der Waals surface area contributed by atoms with Crippen molar-refractivity contribution in [2.75, 3.05) is 6.54 Å². The van der Waals surface area contributed by atoms with Gasteiger partial charge in [0.1, 0.15) is 0 Å². The van der Waals surface area contributed by atoms with Crippen molar-refractivity contribution in [2.24, 2.45) is 0 Å². The molecule has 0 spiro atoms. The van der Waals surface area contributed by atoms with E-state index in [-0.39, 0.29) is 5.56 Å². The number of benzene rings is 1. The zero-order valence-corrected chi connectivity index (χ0v) is 13.9. The van der Waals surface area contributed by atoms with E-state index in [9.17, 15) is 4.79 Å². The summed E-state index contributed by atoms with van der Waals surface area (Å²) in [5, 5.41) is 3.36. The van der Waals surface area contributed by atoms with Crippen LogP contribution in [0.2, 0.25) is 0 Å². The lowest BCUT2D eigenvalue weighted by molar-refractivity contribution is 0.502. The third-order valence-electron chi connectivity index (χ3n) is 4.70. The first kappa shape index (κ1) is 16.0. The first-order valence-corrected chi connectivity index (χ1v) is 8.82. The fourth-order valence-electron chi connectivity index (χ4n) is 3.50. The van der Waals surface area contributed by atoms with Crippen molar-refractivity contribution < 1.29 is 0 Å². The van der Waals surface area contributed by atoms with Gasteiger partial charge < -0.3 is 9.88 Å². The maximum absolute atomic E-state index is 13.1. The van der Waals surface area contributed by atoms with Gasteiger partial charge in [-0.15, -0.1) is 0 Å². The molecule has 1 aliphatic rings. The predicted molar refractivity (Wildman–Crippen MR) is 95.6 cm³/mol. The van der Waals surface area contributed by atoms with Gasteiger partial charge in [0.25, 0.3) is 5.56 Å². The van der Waals surface area contributed by atoms with Crippen LogP contribution in [0, 0.1) is 0 Å². The number of hydrogen-bond acceptors (Lipinski definition) is 2. The lowest BCUT2D eigenvalue weighted by atomic mass is 10.1. The molecule has 3 rings (SSSR count). The van der Waals surface area contributed by atoms with E-state index in [1.54, 1.807) is 0 Å². The zero-order chi connectivity index (χ0) is 16.1. The number of rotatable bonds is 6. The summed E-state index contributed by atoms with van der Waals surface area (Å²) in [5.41, 5.74) is 3.25. The summed E-state index contributed by atoms with van der Waals surface area (Å²) < 4.78 is 2.06. The van der Waals surface area contributed by atoms with Crippen LogP contribution >= 0.6 is 0 Å². The minimum absolute atomic E-state index is 0.182. The number of pyridine rings is 1. The van der Waals surface area contributed by atoms with Gasteiger partial charge >= 0.3 is 0 Å². The summed E-state index contributed by atoms with van der Waals surface area (Å²) >= 11 is 0. The molecular weight excluding hydrogens is 284 g/mol. The quantitative estimate of drug-likeness (QED) is 0.814. The van der Waals surface area contributed by atoms with Gasteiger partial charge in [-0.3, -0.25) is 4.79 Å². The molecule has 3 heteroatoms. The molecule has 2 aromatic rings. The van der Waals surface area contributed by atoms with E-state index in [1.165, 1.54) is 12.8 Å². The van der Waals surface area contributed by atoms with Gasteiger partial charge in [-0.1, -0.05) is 56.2 Å². The number of aromatic nitrogens is 1. The van der Waals surface area contributed by atoms with Crippen molar-refractivity contribution in [3.05, 3.63) is 58.4 Å². The Morgan fingerprint density at radius 1 is 1.09 bits per heavy atom. The maximum atomic E-state index is 13.1. The summed E-state index contributed by atoms with van der Waals surface area (Å²) in [6.45, 7) is 3.75. The second-order valence-electron chi connectivity index (χ2n) is 6.40. The van der Waals surface area contributed by atoms with Crippen LogP contribution in [-0.4, -0.2) is 11.1 Å². The molecule has 0 bridgehead atoms. The normalized spacial score (nSPS) is 15.2. The standard InChI is InChI=1S/C20H26N2O/c1-2-14-21-15-17-12-13-19(16-8-4-3-5-9-16)22(20(17)23)18-10-6-7-11-18/h3-5,8-9,12-13,18,21H,2,6-7,10-11,14-15H2,1H3. The largest absolute Gasteiger partial charge is 0.312 e. The fraction of sp³-hybridized carbons (Fsp3) is 0.450. The van der Waals surface area contributed by atoms with Crippen molar-refractivity contribution in [1.29, 1.82) is 0 Å². The van der Waals surface area contributed by atoms with Gasteiger partial charge in [-0.25, -0.2) is 0 Å². The first-order valence-electron chi connectivity index (χ1n) is 8.82. The Morgan fingerprint density at radius 2 is 1.83 bits per heavy atom. The highest BCUT2D eigenvalue weighted by Gasteiger charge is 2.22. The topological polar surface area (TPSA) is 34.0 Å². The summed E-state index contributed by atoms with van der Waals surface area (Å²) in [7, 11) is 0. The molecule has 122 valence electrons. The van der Waals surface area contributed by atoms with Gasteiger partial charge in [0.15, 0.2) is 0 Å². The summed E-state index contributed by atoms with van der Waals surface area (Å²) in [6, 6.07) is 14.8. The SMILES string of the molecule is CCCNCc1ccc(-c2ccccc2)n(C2CCCC2)c1=O. The van der Waals surface area contributed by atoms with Crippen molar-refractivity contribution in [3.63, 3.8) is 0 Å². The van der Waals surface area contributed by atoms with Crippen LogP contribution in [0.1, 0.15) is 50.6 Å². The van der Waals surface area contributed by atoms with E-state index in [2.05, 4.69) is 35.0 Å². The van der Waals surface area contributed by atoms with Crippen LogP contribution in [0.3, 0.4) is 0 Å². The average Bonchev–Trinajstić information content (AvgIpc) is 3.11. The van der Waals surface area contributed by atoms with Crippen LogP contribution in [-0.2, 0) is 6.54 Å². The molecule has 0 radical (unpaired) electrons. The van der Waals surface area contributed by atoms with Crippen molar-refractivity contribution >= 4 is 0 Å². The number of hydrogen-bond donors (Lipinski definition) is 1. The van der Waals surface area contributed by atoms with E-state index in [0.717, 1.165) is 42.6 Å². The first-order chi connectivity index (χ1) is 11.3. The predicted octanol–water partition coefficient (Wildman–Crippen LogP) is 4.13. The van der Waals surface area contributed by atoms with E-state index in [1.807, 2.05) is 24.3 Å². The maximum Gasteiger partial charge on any atom is 0.255 e. The summed E-state index contributed by atoms with van der Waals surface area (Å²) in [4.78, 5) is 13.1.